The van der Waals surface area contributed by atoms with Crippen LogP contribution in [0.25, 0.3) is 0 Å². The molecule has 0 aliphatic carbocycles. The van der Waals surface area contributed by atoms with Crippen molar-refractivity contribution in [2.45, 2.75) is 45.3 Å². The van der Waals surface area contributed by atoms with Crippen LogP contribution < -0.4 is 11.1 Å². The smallest absolute Gasteiger partial charge is 0.222 e. The van der Waals surface area contributed by atoms with Gasteiger partial charge < -0.3 is 16.0 Å². The Bertz CT molecular complexity index is 520. The van der Waals surface area contributed by atoms with Crippen molar-refractivity contribution >= 4 is 24.2 Å². The molecule has 1 aromatic carbocycles. The highest BCUT2D eigenvalue weighted by Crippen LogP contribution is 2.17. The van der Waals surface area contributed by atoms with E-state index >= 15 is 0 Å². The summed E-state index contributed by atoms with van der Waals surface area (Å²) in [6.45, 7) is 3.73. The SMILES string of the molecule is CC(N)CC(=O)NCc1ccccc1CN1CCCC1=O.Cl. The zero-order valence-electron chi connectivity index (χ0n) is 12.9. The van der Waals surface area contributed by atoms with Crippen molar-refractivity contribution in [1.29, 1.82) is 0 Å². The highest BCUT2D eigenvalue weighted by molar-refractivity contribution is 5.85. The summed E-state index contributed by atoms with van der Waals surface area (Å²) in [5.74, 6) is 0.169. The standard InChI is InChI=1S/C16H23N3O2.ClH/c1-12(17)9-15(20)18-10-13-5-2-3-6-14(13)11-19-8-4-7-16(19)21;/h2-3,5-6,12H,4,7-11,17H2,1H3,(H,18,20);1H. The molecular weight excluding hydrogens is 302 g/mol. The first-order valence-electron chi connectivity index (χ1n) is 7.43. The van der Waals surface area contributed by atoms with Gasteiger partial charge in [0.1, 0.15) is 0 Å². The Morgan fingerprint density at radius 2 is 2.05 bits per heavy atom. The predicted octanol–water partition coefficient (Wildman–Crippen LogP) is 1.58. The van der Waals surface area contributed by atoms with Crippen molar-refractivity contribution in [1.82, 2.24) is 10.2 Å². The summed E-state index contributed by atoms with van der Waals surface area (Å²) in [6, 6.07) is 7.77. The maximum absolute atomic E-state index is 11.7. The second kappa shape index (κ2) is 8.76. The van der Waals surface area contributed by atoms with Gasteiger partial charge in [-0.05, 0) is 24.5 Å². The van der Waals surface area contributed by atoms with Crippen LogP contribution in [-0.4, -0.2) is 29.3 Å². The summed E-state index contributed by atoms with van der Waals surface area (Å²) < 4.78 is 0. The Balaban J connectivity index is 0.00000242. The third-order valence-corrected chi connectivity index (χ3v) is 3.63. The molecule has 5 nitrogen and oxygen atoms in total. The summed E-state index contributed by atoms with van der Waals surface area (Å²) in [5.41, 5.74) is 7.75. The zero-order chi connectivity index (χ0) is 15.2. The number of hydrogen-bond acceptors (Lipinski definition) is 3. The molecule has 22 heavy (non-hydrogen) atoms. The van der Waals surface area contributed by atoms with E-state index < -0.39 is 0 Å². The lowest BCUT2D eigenvalue weighted by molar-refractivity contribution is -0.128. The third kappa shape index (κ3) is 5.31. The average molecular weight is 326 g/mol. The van der Waals surface area contributed by atoms with E-state index in [1.165, 1.54) is 0 Å². The van der Waals surface area contributed by atoms with Gasteiger partial charge in [-0.25, -0.2) is 0 Å². The lowest BCUT2D eigenvalue weighted by atomic mass is 10.1. The van der Waals surface area contributed by atoms with Crippen molar-refractivity contribution in [3.63, 3.8) is 0 Å². The van der Waals surface area contributed by atoms with Crippen molar-refractivity contribution in [3.8, 4) is 0 Å². The fourth-order valence-corrected chi connectivity index (χ4v) is 2.52. The molecule has 1 fully saturated rings. The van der Waals surface area contributed by atoms with Gasteiger partial charge in [0.15, 0.2) is 0 Å². The number of nitrogens with two attached hydrogens (primary N) is 1. The zero-order valence-corrected chi connectivity index (χ0v) is 13.7. The molecule has 3 N–H and O–H groups in total. The van der Waals surface area contributed by atoms with Gasteiger partial charge in [-0.2, -0.15) is 0 Å². The summed E-state index contributed by atoms with van der Waals surface area (Å²) in [5, 5.41) is 2.88. The molecule has 2 rings (SSSR count). The predicted molar refractivity (Wildman–Crippen MR) is 88.5 cm³/mol. The molecule has 1 saturated heterocycles. The fraction of sp³-hybridized carbons (Fsp3) is 0.500. The molecule has 0 spiro atoms. The molecule has 1 atom stereocenters. The Kier molecular flexibility index (Phi) is 7.35. The minimum absolute atomic E-state index is 0. The van der Waals surface area contributed by atoms with Gasteiger partial charge in [-0.3, -0.25) is 9.59 Å². The molecule has 0 saturated carbocycles. The Morgan fingerprint density at radius 3 is 2.64 bits per heavy atom. The van der Waals surface area contributed by atoms with E-state index in [4.69, 9.17) is 5.73 Å². The van der Waals surface area contributed by atoms with Gasteiger partial charge >= 0.3 is 0 Å². The van der Waals surface area contributed by atoms with Gasteiger partial charge in [0, 0.05) is 38.5 Å². The van der Waals surface area contributed by atoms with Crippen LogP contribution in [0.4, 0.5) is 0 Å². The largest absolute Gasteiger partial charge is 0.352 e. The number of rotatable bonds is 6. The molecule has 1 aliphatic heterocycles. The lowest BCUT2D eigenvalue weighted by Gasteiger charge is -2.18. The van der Waals surface area contributed by atoms with E-state index in [1.807, 2.05) is 36.1 Å². The van der Waals surface area contributed by atoms with Crippen LogP contribution in [0, 0.1) is 0 Å². The molecule has 1 unspecified atom stereocenters. The Morgan fingerprint density at radius 1 is 1.36 bits per heavy atom. The Labute approximate surface area is 137 Å². The van der Waals surface area contributed by atoms with Crippen LogP contribution in [0.5, 0.6) is 0 Å². The number of halogens is 1. The van der Waals surface area contributed by atoms with E-state index in [0.717, 1.165) is 24.1 Å². The van der Waals surface area contributed by atoms with Gasteiger partial charge in [0.05, 0.1) is 0 Å². The molecule has 2 amide bonds. The normalized spacial score (nSPS) is 15.4. The summed E-state index contributed by atoms with van der Waals surface area (Å²) in [4.78, 5) is 25.3. The lowest BCUT2D eigenvalue weighted by Crippen LogP contribution is -2.30. The third-order valence-electron chi connectivity index (χ3n) is 3.63. The van der Waals surface area contributed by atoms with Crippen molar-refractivity contribution in [2.24, 2.45) is 5.73 Å². The number of nitrogens with zero attached hydrogens (tertiary/aromatic N) is 1. The van der Waals surface area contributed by atoms with Crippen LogP contribution in [-0.2, 0) is 22.7 Å². The molecule has 0 radical (unpaired) electrons. The maximum Gasteiger partial charge on any atom is 0.222 e. The van der Waals surface area contributed by atoms with E-state index in [9.17, 15) is 9.59 Å². The van der Waals surface area contributed by atoms with Crippen LogP contribution in [0.2, 0.25) is 0 Å². The molecule has 0 bridgehead atoms. The molecule has 122 valence electrons. The molecule has 1 aromatic rings. The highest BCUT2D eigenvalue weighted by atomic mass is 35.5. The number of nitrogens with one attached hydrogen (secondary N) is 1. The topological polar surface area (TPSA) is 75.4 Å². The molecule has 1 heterocycles. The monoisotopic (exact) mass is 325 g/mol. The molecule has 6 heteroatoms. The average Bonchev–Trinajstić information content (AvgIpc) is 2.83. The summed E-state index contributed by atoms with van der Waals surface area (Å²) >= 11 is 0. The second-order valence-electron chi connectivity index (χ2n) is 5.65. The maximum atomic E-state index is 11.7. The first kappa shape index (κ1) is 18.5. The first-order chi connectivity index (χ1) is 10.1. The number of likely N-dealkylation sites (tertiary alicyclic amines) is 1. The van der Waals surface area contributed by atoms with Gasteiger partial charge in [-0.15, -0.1) is 12.4 Å². The minimum Gasteiger partial charge on any atom is -0.352 e. The van der Waals surface area contributed by atoms with Gasteiger partial charge in [0.2, 0.25) is 11.8 Å². The summed E-state index contributed by atoms with van der Waals surface area (Å²) in [6.07, 6.45) is 1.91. The minimum atomic E-state index is -0.137. The molecule has 0 aromatic heterocycles. The van der Waals surface area contributed by atoms with Crippen molar-refractivity contribution in [2.75, 3.05) is 6.54 Å². The number of carbonyl (C=O) groups is 2. The first-order valence-corrected chi connectivity index (χ1v) is 7.43. The number of carbonyl (C=O) groups excluding carboxylic acids is 2. The van der Waals surface area contributed by atoms with Crippen molar-refractivity contribution in [3.05, 3.63) is 35.4 Å². The van der Waals surface area contributed by atoms with Crippen LogP contribution in [0.15, 0.2) is 24.3 Å². The number of benzene rings is 1. The van der Waals surface area contributed by atoms with Crippen LogP contribution in [0.3, 0.4) is 0 Å². The van der Waals surface area contributed by atoms with Crippen molar-refractivity contribution < 1.29 is 9.59 Å². The molecule has 1 aliphatic rings. The van der Waals surface area contributed by atoms with E-state index in [1.54, 1.807) is 0 Å². The van der Waals surface area contributed by atoms with Crippen LogP contribution in [0.1, 0.15) is 37.3 Å². The van der Waals surface area contributed by atoms with Crippen LogP contribution >= 0.6 is 12.4 Å². The van der Waals surface area contributed by atoms with E-state index in [2.05, 4.69) is 5.32 Å². The van der Waals surface area contributed by atoms with E-state index in [-0.39, 0.29) is 30.3 Å². The Hall–Kier alpha value is -1.59. The number of amides is 2. The van der Waals surface area contributed by atoms with E-state index in [0.29, 0.717) is 25.9 Å². The van der Waals surface area contributed by atoms with Gasteiger partial charge in [0.25, 0.3) is 0 Å². The second-order valence-corrected chi connectivity index (χ2v) is 5.65. The van der Waals surface area contributed by atoms with Gasteiger partial charge in [-0.1, -0.05) is 24.3 Å². The quantitative estimate of drug-likeness (QED) is 0.834. The molecular formula is C16H24ClN3O2. The summed E-state index contributed by atoms with van der Waals surface area (Å²) in [7, 11) is 0. The fourth-order valence-electron chi connectivity index (χ4n) is 2.52. The number of hydrogen-bond donors (Lipinski definition) is 2. The highest BCUT2D eigenvalue weighted by Gasteiger charge is 2.20.